The summed E-state index contributed by atoms with van der Waals surface area (Å²) in [4.78, 5) is 0. The first kappa shape index (κ1) is 5.61. The van der Waals surface area contributed by atoms with Crippen molar-refractivity contribution in [2.45, 2.75) is 0 Å². The van der Waals surface area contributed by atoms with Gasteiger partial charge in [-0.25, -0.2) is 0 Å². The summed E-state index contributed by atoms with van der Waals surface area (Å²) in [5.41, 5.74) is 0. The molecule has 0 N–H and O–H groups in total. The van der Waals surface area contributed by atoms with Crippen molar-refractivity contribution in [2.75, 3.05) is 26.3 Å². The van der Waals surface area contributed by atoms with Crippen LogP contribution in [0.15, 0.2) is 0 Å². The van der Waals surface area contributed by atoms with Crippen molar-refractivity contribution >= 4 is 17.1 Å². The molecule has 0 radical (unpaired) electrons. The molecule has 1 atom stereocenters. The molecule has 1 fully saturated rings. The molecule has 0 aromatic heterocycles. The summed E-state index contributed by atoms with van der Waals surface area (Å²) in [6.45, 7) is 4.11. The summed E-state index contributed by atoms with van der Waals surface area (Å²) < 4.78 is 7.44. The van der Waals surface area contributed by atoms with E-state index in [0.717, 1.165) is 26.3 Å². The zero-order valence-corrected chi connectivity index (χ0v) is 6.68. The summed E-state index contributed by atoms with van der Waals surface area (Å²) in [7, 11) is 0. The van der Waals surface area contributed by atoms with Crippen molar-refractivity contribution in [2.24, 2.45) is 0 Å². The number of rotatable bonds is 0. The van der Waals surface area contributed by atoms with Crippen LogP contribution >= 0.6 is 0 Å². The average molecular weight is 163 g/mol. The number of hydrogen-bond donors (Lipinski definition) is 0. The van der Waals surface area contributed by atoms with E-state index in [4.69, 9.17) is 4.74 Å². The number of nitrogens with zero attached hydrogens (tertiary/aromatic N) is 1. The summed E-state index contributed by atoms with van der Waals surface area (Å²) >= 11 is 1.70. The van der Waals surface area contributed by atoms with Crippen molar-refractivity contribution in [1.82, 2.24) is 3.82 Å². The van der Waals surface area contributed by atoms with E-state index in [1.807, 2.05) is 0 Å². The molecule has 1 aliphatic rings. The average Bonchev–Trinajstić information content (AvgIpc) is 1.69. The molecular weight excluding hydrogens is 153 g/mol. The Morgan fingerprint density at radius 1 is 1.29 bits per heavy atom. The van der Waals surface area contributed by atoms with Crippen molar-refractivity contribution in [3.8, 4) is 0 Å². The molecular formula is C4H10AsNO. The maximum absolute atomic E-state index is 5.11. The molecule has 3 heteroatoms. The molecule has 0 spiro atoms. The van der Waals surface area contributed by atoms with Crippen molar-refractivity contribution in [3.05, 3.63) is 0 Å². The van der Waals surface area contributed by atoms with E-state index in [-0.39, 0.29) is 0 Å². The number of ether oxygens (including phenoxy) is 1. The molecule has 2 nitrogen and oxygen atoms in total. The van der Waals surface area contributed by atoms with Crippen molar-refractivity contribution < 1.29 is 4.74 Å². The van der Waals surface area contributed by atoms with Crippen LogP contribution in [0.2, 0.25) is 0 Å². The minimum absolute atomic E-state index is 0.929. The van der Waals surface area contributed by atoms with Gasteiger partial charge in [-0.05, 0) is 0 Å². The quantitative estimate of drug-likeness (QED) is 0.419. The molecule has 1 heterocycles. The second kappa shape index (κ2) is 2.70. The zero-order chi connectivity index (χ0) is 5.11. The third kappa shape index (κ3) is 1.81. The van der Waals surface area contributed by atoms with Crippen LogP contribution in [0.25, 0.3) is 0 Å². The second-order valence-electron chi connectivity index (χ2n) is 1.65. The number of morpholine rings is 1. The Morgan fingerprint density at radius 3 is 2.14 bits per heavy atom. The molecule has 1 rings (SSSR count). The molecule has 0 aromatic rings. The van der Waals surface area contributed by atoms with E-state index in [0.29, 0.717) is 0 Å². The Kier molecular flexibility index (Phi) is 2.17. The molecule has 1 saturated heterocycles. The van der Waals surface area contributed by atoms with E-state index in [9.17, 15) is 0 Å². The third-order valence-electron chi connectivity index (χ3n) is 1.05. The van der Waals surface area contributed by atoms with Gasteiger partial charge in [-0.2, -0.15) is 0 Å². The summed E-state index contributed by atoms with van der Waals surface area (Å²) in [5, 5.41) is 0. The zero-order valence-electron chi connectivity index (χ0n) is 4.26. The Balaban J connectivity index is 2.12. The van der Waals surface area contributed by atoms with Gasteiger partial charge < -0.3 is 0 Å². The first-order valence-corrected chi connectivity index (χ1v) is 3.55. The minimum atomic E-state index is 0.929. The summed E-state index contributed by atoms with van der Waals surface area (Å²) in [5.74, 6) is 0. The fourth-order valence-corrected chi connectivity index (χ4v) is 1.02. The van der Waals surface area contributed by atoms with E-state index >= 15 is 0 Å². The third-order valence-corrected chi connectivity index (χ3v) is 2.13. The van der Waals surface area contributed by atoms with Gasteiger partial charge in [0.15, 0.2) is 0 Å². The summed E-state index contributed by atoms with van der Waals surface area (Å²) in [6.07, 6.45) is 0. The van der Waals surface area contributed by atoms with Crippen LogP contribution in [0, 0.1) is 0 Å². The predicted octanol–water partition coefficient (Wildman–Crippen LogP) is -1.13. The van der Waals surface area contributed by atoms with Gasteiger partial charge in [-0.3, -0.25) is 0 Å². The standard InChI is InChI=1S/C4H10AsNO/c5-6-1-3-7-4-2-6/h1-5H2. The van der Waals surface area contributed by atoms with Gasteiger partial charge in [0.05, 0.1) is 0 Å². The fourth-order valence-electron chi connectivity index (χ4n) is 0.577. The van der Waals surface area contributed by atoms with Gasteiger partial charge in [0.1, 0.15) is 0 Å². The van der Waals surface area contributed by atoms with Crippen molar-refractivity contribution in [3.63, 3.8) is 0 Å². The topological polar surface area (TPSA) is 12.5 Å². The van der Waals surface area contributed by atoms with E-state index in [2.05, 4.69) is 3.82 Å². The van der Waals surface area contributed by atoms with Gasteiger partial charge in [0, 0.05) is 0 Å². The molecule has 1 aliphatic heterocycles. The normalized spacial score (nSPS) is 25.3. The second-order valence-corrected chi connectivity index (χ2v) is 3.18. The maximum atomic E-state index is 5.11. The van der Waals surface area contributed by atoms with Gasteiger partial charge in [0.25, 0.3) is 0 Å². The molecule has 0 bridgehead atoms. The predicted molar refractivity (Wildman–Crippen MR) is 30.9 cm³/mol. The van der Waals surface area contributed by atoms with E-state index in [1.54, 1.807) is 17.1 Å². The van der Waals surface area contributed by atoms with Gasteiger partial charge in [-0.1, -0.05) is 0 Å². The molecule has 0 saturated carbocycles. The van der Waals surface area contributed by atoms with Crippen LogP contribution < -0.4 is 0 Å². The van der Waals surface area contributed by atoms with Crippen LogP contribution in [0.5, 0.6) is 0 Å². The fraction of sp³-hybridized carbons (Fsp3) is 1.00. The molecule has 42 valence electrons. The van der Waals surface area contributed by atoms with Gasteiger partial charge >= 0.3 is 51.9 Å². The molecule has 0 aromatic carbocycles. The SMILES string of the molecule is [AsH2]N1CCOCC1. The van der Waals surface area contributed by atoms with Crippen LogP contribution in [-0.2, 0) is 4.74 Å². The van der Waals surface area contributed by atoms with Gasteiger partial charge in [-0.15, -0.1) is 0 Å². The first-order chi connectivity index (χ1) is 3.39. The van der Waals surface area contributed by atoms with Crippen LogP contribution in [0.1, 0.15) is 0 Å². The number of hydrogen-bond acceptors (Lipinski definition) is 2. The van der Waals surface area contributed by atoms with Crippen LogP contribution in [-0.4, -0.2) is 47.2 Å². The summed E-state index contributed by atoms with van der Waals surface area (Å²) in [6, 6.07) is 0. The Bertz CT molecular complexity index is 53.7. The molecule has 0 aliphatic carbocycles. The van der Waals surface area contributed by atoms with Crippen molar-refractivity contribution in [1.29, 1.82) is 0 Å². The van der Waals surface area contributed by atoms with Crippen LogP contribution in [0.4, 0.5) is 0 Å². The molecule has 1 unspecified atom stereocenters. The molecule has 0 amide bonds. The van der Waals surface area contributed by atoms with E-state index in [1.165, 1.54) is 0 Å². The van der Waals surface area contributed by atoms with E-state index < -0.39 is 0 Å². The monoisotopic (exact) mass is 163 g/mol. The Labute approximate surface area is 52.6 Å². The Morgan fingerprint density at radius 2 is 1.86 bits per heavy atom. The first-order valence-electron chi connectivity index (χ1n) is 2.47. The van der Waals surface area contributed by atoms with Crippen LogP contribution in [0.3, 0.4) is 0 Å². The Hall–Kier alpha value is 0.478. The van der Waals surface area contributed by atoms with Gasteiger partial charge in [0.2, 0.25) is 0 Å². The molecule has 7 heavy (non-hydrogen) atoms.